The SMILES string of the molecule is CCOC(=O)[C@H](c1ccccc1)[C@H]1CCCCN1.Cl. The number of ether oxygens (including phenoxy) is 1. The molecule has 0 amide bonds. The fraction of sp³-hybridized carbons (Fsp3) is 0.533. The summed E-state index contributed by atoms with van der Waals surface area (Å²) < 4.78 is 5.23. The fourth-order valence-corrected chi connectivity index (χ4v) is 2.59. The highest BCUT2D eigenvalue weighted by molar-refractivity contribution is 5.85. The number of carbonyl (C=O) groups is 1. The van der Waals surface area contributed by atoms with Crippen molar-refractivity contribution >= 4 is 18.4 Å². The highest BCUT2D eigenvalue weighted by atomic mass is 35.5. The van der Waals surface area contributed by atoms with Crippen LogP contribution in [0.25, 0.3) is 0 Å². The highest BCUT2D eigenvalue weighted by Gasteiger charge is 2.31. The van der Waals surface area contributed by atoms with Crippen molar-refractivity contribution in [1.82, 2.24) is 5.32 Å². The number of rotatable bonds is 4. The molecule has 1 N–H and O–H groups in total. The van der Waals surface area contributed by atoms with Crippen molar-refractivity contribution in [3.63, 3.8) is 0 Å². The number of carbonyl (C=O) groups excluding carboxylic acids is 1. The molecule has 1 aromatic rings. The zero-order valence-electron chi connectivity index (χ0n) is 11.3. The summed E-state index contributed by atoms with van der Waals surface area (Å²) in [6, 6.07) is 10.2. The van der Waals surface area contributed by atoms with E-state index in [-0.39, 0.29) is 30.3 Å². The average molecular weight is 284 g/mol. The number of nitrogens with one attached hydrogen (secondary N) is 1. The van der Waals surface area contributed by atoms with E-state index in [2.05, 4.69) is 5.32 Å². The standard InChI is InChI=1S/C15H21NO2.ClH/c1-2-18-15(17)14(12-8-4-3-5-9-12)13-10-6-7-11-16-13;/h3-5,8-9,13-14,16H,2,6-7,10-11H2,1H3;1H/t13-,14-;/m1./s1. The largest absolute Gasteiger partial charge is 0.465 e. The van der Waals surface area contributed by atoms with Crippen molar-refractivity contribution < 1.29 is 9.53 Å². The Morgan fingerprint density at radius 1 is 1.37 bits per heavy atom. The predicted molar refractivity (Wildman–Crippen MR) is 78.7 cm³/mol. The van der Waals surface area contributed by atoms with Gasteiger partial charge in [0.25, 0.3) is 0 Å². The minimum Gasteiger partial charge on any atom is -0.465 e. The third-order valence-corrected chi connectivity index (χ3v) is 3.45. The molecule has 0 saturated carbocycles. The lowest BCUT2D eigenvalue weighted by atomic mass is 9.86. The summed E-state index contributed by atoms with van der Waals surface area (Å²) in [5.74, 6) is -0.283. The smallest absolute Gasteiger partial charge is 0.315 e. The summed E-state index contributed by atoms with van der Waals surface area (Å²) in [4.78, 5) is 12.2. The molecule has 2 atom stereocenters. The quantitative estimate of drug-likeness (QED) is 0.864. The topological polar surface area (TPSA) is 38.3 Å². The van der Waals surface area contributed by atoms with Crippen LogP contribution in [0.5, 0.6) is 0 Å². The molecule has 1 heterocycles. The average Bonchev–Trinajstić information content (AvgIpc) is 2.42. The number of halogens is 1. The number of benzene rings is 1. The summed E-state index contributed by atoms with van der Waals surface area (Å²) in [6.45, 7) is 3.29. The lowest BCUT2D eigenvalue weighted by molar-refractivity contribution is -0.145. The van der Waals surface area contributed by atoms with E-state index >= 15 is 0 Å². The van der Waals surface area contributed by atoms with Gasteiger partial charge in [-0.25, -0.2) is 0 Å². The lowest BCUT2D eigenvalue weighted by Crippen LogP contribution is -2.42. The normalized spacial score (nSPS) is 20.2. The molecule has 0 radical (unpaired) electrons. The van der Waals surface area contributed by atoms with Gasteiger partial charge in [0.1, 0.15) is 0 Å². The molecule has 1 aromatic carbocycles. The fourth-order valence-electron chi connectivity index (χ4n) is 2.59. The molecule has 0 unspecified atom stereocenters. The summed E-state index contributed by atoms with van der Waals surface area (Å²) in [6.07, 6.45) is 3.42. The molecule has 0 bridgehead atoms. The third kappa shape index (κ3) is 4.22. The van der Waals surface area contributed by atoms with Crippen molar-refractivity contribution in [2.45, 2.75) is 38.1 Å². The maximum absolute atomic E-state index is 12.2. The molecule has 1 fully saturated rings. The maximum Gasteiger partial charge on any atom is 0.315 e. The molecule has 4 heteroatoms. The van der Waals surface area contributed by atoms with Crippen LogP contribution in [0.4, 0.5) is 0 Å². The Morgan fingerprint density at radius 2 is 2.11 bits per heavy atom. The highest BCUT2D eigenvalue weighted by Crippen LogP contribution is 2.26. The van der Waals surface area contributed by atoms with E-state index in [4.69, 9.17) is 4.74 Å². The number of piperidine rings is 1. The van der Waals surface area contributed by atoms with Crippen molar-refractivity contribution in [3.8, 4) is 0 Å². The van der Waals surface area contributed by atoms with Crippen LogP contribution in [-0.2, 0) is 9.53 Å². The Balaban J connectivity index is 0.00000180. The molecule has 0 aromatic heterocycles. The van der Waals surface area contributed by atoms with Gasteiger partial charge in [-0.15, -0.1) is 12.4 Å². The molecule has 106 valence electrons. The van der Waals surface area contributed by atoms with Crippen LogP contribution < -0.4 is 5.32 Å². The van der Waals surface area contributed by atoms with Gasteiger partial charge in [0.05, 0.1) is 12.5 Å². The molecule has 3 nitrogen and oxygen atoms in total. The minimum absolute atomic E-state index is 0. The van der Waals surface area contributed by atoms with Gasteiger partial charge < -0.3 is 10.1 Å². The molecule has 2 rings (SSSR count). The molecular weight excluding hydrogens is 262 g/mol. The molecule has 0 spiro atoms. The Kier molecular flexibility index (Phi) is 6.89. The first-order valence-corrected chi connectivity index (χ1v) is 6.78. The molecule has 1 aliphatic rings. The van der Waals surface area contributed by atoms with E-state index in [1.807, 2.05) is 37.3 Å². The monoisotopic (exact) mass is 283 g/mol. The minimum atomic E-state index is -0.175. The number of hydrogen-bond acceptors (Lipinski definition) is 3. The second-order valence-electron chi connectivity index (χ2n) is 4.70. The van der Waals surface area contributed by atoms with Crippen LogP contribution in [0.2, 0.25) is 0 Å². The van der Waals surface area contributed by atoms with Crippen LogP contribution >= 0.6 is 12.4 Å². The number of esters is 1. The van der Waals surface area contributed by atoms with E-state index in [0.29, 0.717) is 6.61 Å². The molecule has 1 saturated heterocycles. The predicted octanol–water partition coefficient (Wildman–Crippen LogP) is 2.90. The van der Waals surface area contributed by atoms with Gasteiger partial charge in [-0.05, 0) is 31.9 Å². The second kappa shape index (κ2) is 8.18. The second-order valence-corrected chi connectivity index (χ2v) is 4.70. The third-order valence-electron chi connectivity index (χ3n) is 3.45. The van der Waals surface area contributed by atoms with Crippen LogP contribution in [0.1, 0.15) is 37.7 Å². The van der Waals surface area contributed by atoms with Gasteiger partial charge in [-0.1, -0.05) is 36.8 Å². The summed E-state index contributed by atoms with van der Waals surface area (Å²) >= 11 is 0. The zero-order valence-corrected chi connectivity index (χ0v) is 12.1. The van der Waals surface area contributed by atoms with Gasteiger partial charge in [0, 0.05) is 6.04 Å². The summed E-state index contributed by atoms with van der Waals surface area (Å²) in [7, 11) is 0. The van der Waals surface area contributed by atoms with E-state index in [1.54, 1.807) is 0 Å². The van der Waals surface area contributed by atoms with Gasteiger partial charge >= 0.3 is 5.97 Å². The lowest BCUT2D eigenvalue weighted by Gasteiger charge is -2.30. The van der Waals surface area contributed by atoms with Gasteiger partial charge in [0.15, 0.2) is 0 Å². The first kappa shape index (κ1) is 16.0. The summed E-state index contributed by atoms with van der Waals surface area (Å²) in [5.41, 5.74) is 1.05. The van der Waals surface area contributed by atoms with Gasteiger partial charge in [0.2, 0.25) is 0 Å². The summed E-state index contributed by atoms with van der Waals surface area (Å²) in [5, 5.41) is 3.46. The van der Waals surface area contributed by atoms with Crippen LogP contribution in [0.15, 0.2) is 30.3 Å². The van der Waals surface area contributed by atoms with Crippen molar-refractivity contribution in [2.24, 2.45) is 0 Å². The first-order valence-electron chi connectivity index (χ1n) is 6.78. The Labute approximate surface area is 121 Å². The van der Waals surface area contributed by atoms with Crippen molar-refractivity contribution in [3.05, 3.63) is 35.9 Å². The van der Waals surface area contributed by atoms with Crippen molar-refractivity contribution in [1.29, 1.82) is 0 Å². The Morgan fingerprint density at radius 3 is 2.68 bits per heavy atom. The zero-order chi connectivity index (χ0) is 12.8. The Bertz CT molecular complexity index is 377. The van der Waals surface area contributed by atoms with E-state index in [1.165, 1.54) is 12.8 Å². The van der Waals surface area contributed by atoms with Crippen molar-refractivity contribution in [2.75, 3.05) is 13.2 Å². The molecule has 0 aliphatic carbocycles. The van der Waals surface area contributed by atoms with Crippen LogP contribution in [0, 0.1) is 0 Å². The van der Waals surface area contributed by atoms with Gasteiger partial charge in [-0.3, -0.25) is 4.79 Å². The Hall–Kier alpha value is -1.06. The molecule has 19 heavy (non-hydrogen) atoms. The number of hydrogen-bond donors (Lipinski definition) is 1. The first-order chi connectivity index (χ1) is 8.83. The molecular formula is C15H22ClNO2. The molecule has 1 aliphatic heterocycles. The van der Waals surface area contributed by atoms with Gasteiger partial charge in [-0.2, -0.15) is 0 Å². The van der Waals surface area contributed by atoms with Crippen LogP contribution in [-0.4, -0.2) is 25.2 Å². The van der Waals surface area contributed by atoms with E-state index in [9.17, 15) is 4.79 Å². The van der Waals surface area contributed by atoms with Crippen LogP contribution in [0.3, 0.4) is 0 Å². The van der Waals surface area contributed by atoms with E-state index in [0.717, 1.165) is 18.5 Å². The van der Waals surface area contributed by atoms with E-state index < -0.39 is 0 Å². The maximum atomic E-state index is 12.2.